The maximum atomic E-state index is 13.9. The van der Waals surface area contributed by atoms with Crippen LogP contribution in [0.15, 0.2) is 18.2 Å². The van der Waals surface area contributed by atoms with Gasteiger partial charge in [-0.25, -0.2) is 4.39 Å². The molecule has 0 heterocycles. The summed E-state index contributed by atoms with van der Waals surface area (Å²) in [5.74, 6) is -0.282. The van der Waals surface area contributed by atoms with Gasteiger partial charge in [0.1, 0.15) is 5.82 Å². The molecule has 2 N–H and O–H groups in total. The summed E-state index contributed by atoms with van der Waals surface area (Å²) in [6, 6.07) is 6.08. The Bertz CT molecular complexity index is 417. The van der Waals surface area contributed by atoms with Crippen LogP contribution in [0, 0.1) is 5.82 Å². The van der Waals surface area contributed by atoms with Crippen molar-refractivity contribution in [2.24, 2.45) is 5.73 Å². The van der Waals surface area contributed by atoms with E-state index in [0.29, 0.717) is 24.2 Å². The molecule has 4 heteroatoms. The van der Waals surface area contributed by atoms with Gasteiger partial charge in [0.2, 0.25) is 0 Å². The average Bonchev–Trinajstić information content (AvgIpc) is 2.42. The zero-order valence-electron chi connectivity index (χ0n) is 11.4. The summed E-state index contributed by atoms with van der Waals surface area (Å²) >= 11 is 5.84. The lowest BCUT2D eigenvalue weighted by Gasteiger charge is -2.35. The molecule has 0 radical (unpaired) electrons. The van der Waals surface area contributed by atoms with Gasteiger partial charge in [0.25, 0.3) is 0 Å². The van der Waals surface area contributed by atoms with Gasteiger partial charge >= 0.3 is 0 Å². The van der Waals surface area contributed by atoms with Crippen LogP contribution in [0.5, 0.6) is 0 Å². The van der Waals surface area contributed by atoms with Crippen LogP contribution in [0.2, 0.25) is 5.02 Å². The highest BCUT2D eigenvalue weighted by Gasteiger charge is 2.24. The fourth-order valence-corrected chi connectivity index (χ4v) is 3.05. The molecule has 0 amide bonds. The quantitative estimate of drug-likeness (QED) is 0.916. The van der Waals surface area contributed by atoms with Crippen LogP contribution >= 0.6 is 11.6 Å². The summed E-state index contributed by atoms with van der Waals surface area (Å²) in [5.41, 5.74) is 6.62. The van der Waals surface area contributed by atoms with Crippen LogP contribution < -0.4 is 5.73 Å². The molecule has 1 saturated carbocycles. The van der Waals surface area contributed by atoms with Crippen molar-refractivity contribution in [3.05, 3.63) is 34.6 Å². The molecule has 0 aliphatic heterocycles. The number of nitrogens with zero attached hydrogens (tertiary/aromatic N) is 1. The number of rotatable bonds is 4. The Morgan fingerprint density at radius 1 is 1.32 bits per heavy atom. The molecular formula is C15H22ClFN2. The lowest BCUT2D eigenvalue weighted by molar-refractivity contribution is 0.148. The largest absolute Gasteiger partial charge is 0.328 e. The number of nitrogens with two attached hydrogens (primary N) is 1. The highest BCUT2D eigenvalue weighted by atomic mass is 35.5. The number of hydrogen-bond acceptors (Lipinski definition) is 2. The van der Waals surface area contributed by atoms with Crippen LogP contribution in [0.3, 0.4) is 0 Å². The van der Waals surface area contributed by atoms with E-state index >= 15 is 0 Å². The second-order valence-electron chi connectivity index (χ2n) is 5.34. The Labute approximate surface area is 119 Å². The lowest BCUT2D eigenvalue weighted by Crippen LogP contribution is -2.40. The first-order valence-electron chi connectivity index (χ1n) is 7.04. The topological polar surface area (TPSA) is 29.3 Å². The number of benzene rings is 1. The third-order valence-electron chi connectivity index (χ3n) is 4.07. The Morgan fingerprint density at radius 3 is 2.63 bits per heavy atom. The van der Waals surface area contributed by atoms with E-state index in [4.69, 9.17) is 17.3 Å². The molecule has 2 nitrogen and oxygen atoms in total. The van der Waals surface area contributed by atoms with Crippen LogP contribution in [-0.4, -0.2) is 23.5 Å². The molecule has 0 saturated heterocycles. The molecular weight excluding hydrogens is 263 g/mol. The molecule has 0 spiro atoms. The molecule has 19 heavy (non-hydrogen) atoms. The van der Waals surface area contributed by atoms with Gasteiger partial charge in [-0.3, -0.25) is 4.90 Å². The summed E-state index contributed by atoms with van der Waals surface area (Å²) in [6.07, 6.45) is 4.35. The van der Waals surface area contributed by atoms with E-state index in [1.54, 1.807) is 6.07 Å². The highest BCUT2D eigenvalue weighted by molar-refractivity contribution is 6.30. The minimum absolute atomic E-state index is 0.208. The zero-order valence-corrected chi connectivity index (χ0v) is 12.2. The van der Waals surface area contributed by atoms with E-state index in [2.05, 4.69) is 11.8 Å². The van der Waals surface area contributed by atoms with Gasteiger partial charge in [-0.2, -0.15) is 0 Å². The van der Waals surface area contributed by atoms with Crippen molar-refractivity contribution in [1.82, 2.24) is 4.90 Å². The van der Waals surface area contributed by atoms with Gasteiger partial charge in [-0.1, -0.05) is 30.7 Å². The molecule has 0 unspecified atom stereocenters. The Balaban J connectivity index is 2.04. The molecule has 0 atom stereocenters. The van der Waals surface area contributed by atoms with Gasteiger partial charge in [0, 0.05) is 24.2 Å². The van der Waals surface area contributed by atoms with Crippen molar-refractivity contribution in [3.63, 3.8) is 0 Å². The fourth-order valence-electron chi connectivity index (χ4n) is 2.86. The van der Waals surface area contributed by atoms with E-state index < -0.39 is 0 Å². The first-order chi connectivity index (χ1) is 9.11. The minimum Gasteiger partial charge on any atom is -0.328 e. The molecule has 1 aliphatic rings. The monoisotopic (exact) mass is 284 g/mol. The van der Waals surface area contributed by atoms with E-state index in [1.165, 1.54) is 0 Å². The van der Waals surface area contributed by atoms with Crippen molar-refractivity contribution in [3.8, 4) is 0 Å². The van der Waals surface area contributed by atoms with Crippen molar-refractivity contribution in [1.29, 1.82) is 0 Å². The molecule has 2 rings (SSSR count). The Hall–Kier alpha value is -0.640. The molecule has 0 bridgehead atoms. The third kappa shape index (κ3) is 3.68. The van der Waals surface area contributed by atoms with Gasteiger partial charge in [0.05, 0.1) is 5.02 Å². The standard InChI is InChI=1S/C15H22ClFN2/c1-2-19(13-8-6-12(18)7-9-13)10-11-4-3-5-14(16)15(11)17/h3-5,12-13H,2,6-10,18H2,1H3. The molecule has 106 valence electrons. The van der Waals surface area contributed by atoms with Crippen LogP contribution in [0.25, 0.3) is 0 Å². The normalized spacial score (nSPS) is 23.8. The number of hydrogen-bond donors (Lipinski definition) is 1. The van der Waals surface area contributed by atoms with Crippen LogP contribution in [-0.2, 0) is 6.54 Å². The molecule has 1 aromatic rings. The third-order valence-corrected chi connectivity index (χ3v) is 4.36. The van der Waals surface area contributed by atoms with Gasteiger partial charge in [0.15, 0.2) is 0 Å². The first kappa shape index (κ1) is 14.8. The predicted octanol–water partition coefficient (Wildman–Crippen LogP) is 3.57. The second-order valence-corrected chi connectivity index (χ2v) is 5.75. The zero-order chi connectivity index (χ0) is 13.8. The highest BCUT2D eigenvalue weighted by Crippen LogP contribution is 2.25. The van der Waals surface area contributed by atoms with Crippen molar-refractivity contribution >= 4 is 11.6 Å². The average molecular weight is 285 g/mol. The van der Waals surface area contributed by atoms with E-state index in [1.807, 2.05) is 12.1 Å². The lowest BCUT2D eigenvalue weighted by atomic mass is 9.90. The maximum absolute atomic E-state index is 13.9. The van der Waals surface area contributed by atoms with Crippen LogP contribution in [0.4, 0.5) is 4.39 Å². The van der Waals surface area contributed by atoms with Crippen molar-refractivity contribution in [2.75, 3.05) is 6.54 Å². The second kappa shape index (κ2) is 6.69. The molecule has 1 aliphatic carbocycles. The summed E-state index contributed by atoms with van der Waals surface area (Å²) < 4.78 is 13.9. The summed E-state index contributed by atoms with van der Waals surface area (Å²) in [6.45, 7) is 3.67. The summed E-state index contributed by atoms with van der Waals surface area (Å²) in [4.78, 5) is 2.33. The van der Waals surface area contributed by atoms with E-state index in [9.17, 15) is 4.39 Å². The summed E-state index contributed by atoms with van der Waals surface area (Å²) in [7, 11) is 0. The predicted molar refractivity (Wildman–Crippen MR) is 77.7 cm³/mol. The summed E-state index contributed by atoms with van der Waals surface area (Å²) in [5, 5.41) is 0.208. The van der Waals surface area contributed by atoms with Crippen LogP contribution in [0.1, 0.15) is 38.2 Å². The van der Waals surface area contributed by atoms with Gasteiger partial charge < -0.3 is 5.73 Å². The number of halogens is 2. The van der Waals surface area contributed by atoms with Crippen molar-refractivity contribution in [2.45, 2.75) is 51.2 Å². The smallest absolute Gasteiger partial charge is 0.146 e. The Morgan fingerprint density at radius 2 is 2.00 bits per heavy atom. The SMILES string of the molecule is CCN(Cc1cccc(Cl)c1F)C1CCC(N)CC1. The maximum Gasteiger partial charge on any atom is 0.146 e. The Kier molecular flexibility index (Phi) is 5.20. The van der Waals surface area contributed by atoms with Gasteiger partial charge in [-0.05, 0) is 38.3 Å². The van der Waals surface area contributed by atoms with Crippen molar-refractivity contribution < 1.29 is 4.39 Å². The molecule has 0 aromatic heterocycles. The fraction of sp³-hybridized carbons (Fsp3) is 0.600. The molecule has 1 fully saturated rings. The molecule has 1 aromatic carbocycles. The van der Waals surface area contributed by atoms with E-state index in [-0.39, 0.29) is 10.8 Å². The van der Waals surface area contributed by atoms with Gasteiger partial charge in [-0.15, -0.1) is 0 Å². The first-order valence-corrected chi connectivity index (χ1v) is 7.42. The van der Waals surface area contributed by atoms with E-state index in [0.717, 1.165) is 32.2 Å². The minimum atomic E-state index is -0.282.